The minimum Gasteiger partial charge on any atom is -0.477 e. The molecule has 0 bridgehead atoms. The first-order valence-corrected chi connectivity index (χ1v) is 4.71. The van der Waals surface area contributed by atoms with Crippen LogP contribution in [0.4, 0.5) is 11.8 Å². The highest BCUT2D eigenvalue weighted by Crippen LogP contribution is 2.19. The molecule has 0 aliphatic rings. The first-order chi connectivity index (χ1) is 8.45. The van der Waals surface area contributed by atoms with Crippen LogP contribution < -0.4 is 11.5 Å². The van der Waals surface area contributed by atoms with E-state index in [0.717, 1.165) is 17.6 Å². The summed E-state index contributed by atoms with van der Waals surface area (Å²) in [5, 5.41) is 8.90. The molecule has 0 fully saturated rings. The minimum atomic E-state index is -1.30. The van der Waals surface area contributed by atoms with E-state index in [1.807, 2.05) is 0 Å². The maximum Gasteiger partial charge on any atom is 0.355 e. The molecule has 0 amide bonds. The molecule has 2 heterocycles. The molecule has 0 aromatic carbocycles. The van der Waals surface area contributed by atoms with E-state index in [9.17, 15) is 9.59 Å². The highest BCUT2D eigenvalue weighted by atomic mass is 16.5. The van der Waals surface area contributed by atoms with Crippen molar-refractivity contribution in [3.8, 4) is 0 Å². The fourth-order valence-corrected chi connectivity index (χ4v) is 1.50. The van der Waals surface area contributed by atoms with Gasteiger partial charge in [-0.1, -0.05) is 0 Å². The molecule has 18 heavy (non-hydrogen) atoms. The predicted molar refractivity (Wildman–Crippen MR) is 60.1 cm³/mol. The molecule has 9 nitrogen and oxygen atoms in total. The van der Waals surface area contributed by atoms with Crippen LogP contribution in [0.5, 0.6) is 0 Å². The van der Waals surface area contributed by atoms with Crippen LogP contribution in [0.15, 0.2) is 6.07 Å². The fraction of sp³-hybridized carbons (Fsp3) is 0.111. The number of aromatic carboxylic acids is 1. The number of hydrogen-bond donors (Lipinski definition) is 3. The van der Waals surface area contributed by atoms with Gasteiger partial charge in [-0.15, -0.1) is 0 Å². The van der Waals surface area contributed by atoms with Crippen molar-refractivity contribution in [3.63, 3.8) is 0 Å². The zero-order chi connectivity index (χ0) is 13.4. The molecule has 0 unspecified atom stereocenters. The summed E-state index contributed by atoms with van der Waals surface area (Å²) >= 11 is 0. The van der Waals surface area contributed by atoms with Crippen LogP contribution in [0.3, 0.4) is 0 Å². The van der Waals surface area contributed by atoms with Crippen molar-refractivity contribution in [3.05, 3.63) is 17.5 Å². The first kappa shape index (κ1) is 11.6. The number of carbonyl (C=O) groups excluding carboxylic acids is 1. The van der Waals surface area contributed by atoms with Crippen molar-refractivity contribution >= 4 is 29.4 Å². The summed E-state index contributed by atoms with van der Waals surface area (Å²) in [5.41, 5.74) is 10.6. The number of aromatic nitrogens is 3. The summed E-state index contributed by atoms with van der Waals surface area (Å²) in [6.07, 6.45) is 0. The smallest absolute Gasteiger partial charge is 0.355 e. The number of fused-ring (bicyclic) bond motifs is 1. The standard InChI is InChI=1S/C9H9N5O4/c1-18-8(17)4-2-3(7(15)16)12-6-5(10)13-9(11)14(4)6/h2H,10H2,1H3,(H2,11,13)(H,15,16). The second kappa shape index (κ2) is 3.87. The van der Waals surface area contributed by atoms with Crippen molar-refractivity contribution in [2.45, 2.75) is 0 Å². The van der Waals surface area contributed by atoms with Gasteiger partial charge in [-0.25, -0.2) is 14.6 Å². The number of nitrogens with zero attached hydrogens (tertiary/aromatic N) is 3. The zero-order valence-electron chi connectivity index (χ0n) is 9.25. The Morgan fingerprint density at radius 3 is 2.61 bits per heavy atom. The second-order valence-electron chi connectivity index (χ2n) is 3.34. The summed E-state index contributed by atoms with van der Waals surface area (Å²) in [7, 11) is 1.16. The highest BCUT2D eigenvalue weighted by Gasteiger charge is 2.20. The van der Waals surface area contributed by atoms with E-state index in [1.165, 1.54) is 0 Å². The molecule has 0 saturated heterocycles. The monoisotopic (exact) mass is 251 g/mol. The molecule has 9 heteroatoms. The number of nitrogen functional groups attached to an aromatic ring is 2. The zero-order valence-corrected chi connectivity index (χ0v) is 9.25. The molecule has 0 saturated carbocycles. The minimum absolute atomic E-state index is 0.00667. The van der Waals surface area contributed by atoms with Crippen molar-refractivity contribution in [1.29, 1.82) is 0 Å². The fourth-order valence-electron chi connectivity index (χ4n) is 1.50. The average molecular weight is 251 g/mol. The lowest BCUT2D eigenvalue weighted by molar-refractivity contribution is 0.0592. The van der Waals surface area contributed by atoms with Crippen molar-refractivity contribution in [1.82, 2.24) is 14.4 Å². The number of ether oxygens (including phenoxy) is 1. The molecule has 0 spiro atoms. The molecule has 2 aromatic heterocycles. The van der Waals surface area contributed by atoms with Gasteiger partial charge >= 0.3 is 11.9 Å². The number of hydrogen-bond acceptors (Lipinski definition) is 7. The van der Waals surface area contributed by atoms with Crippen molar-refractivity contribution in [2.75, 3.05) is 18.6 Å². The molecule has 2 rings (SSSR count). The van der Waals surface area contributed by atoms with E-state index < -0.39 is 11.9 Å². The van der Waals surface area contributed by atoms with Crippen molar-refractivity contribution in [2.24, 2.45) is 0 Å². The number of carboxylic acid groups (broad SMARTS) is 1. The molecular formula is C9H9N5O4. The second-order valence-corrected chi connectivity index (χ2v) is 3.34. The number of esters is 1. The Hall–Kier alpha value is -2.84. The largest absolute Gasteiger partial charge is 0.477 e. The first-order valence-electron chi connectivity index (χ1n) is 4.71. The number of anilines is 2. The predicted octanol–water partition coefficient (Wildman–Crippen LogP) is -0.621. The summed E-state index contributed by atoms with van der Waals surface area (Å²) in [4.78, 5) is 30.0. The number of rotatable bonds is 2. The van der Waals surface area contributed by atoms with Gasteiger partial charge in [0.15, 0.2) is 17.2 Å². The Labute approximate surface area is 100.0 Å². The number of carbonyl (C=O) groups is 2. The van der Waals surface area contributed by atoms with E-state index in [2.05, 4.69) is 14.7 Å². The summed E-state index contributed by atoms with van der Waals surface area (Å²) in [5.74, 6) is -2.22. The molecule has 5 N–H and O–H groups in total. The molecule has 0 aliphatic heterocycles. The van der Waals surface area contributed by atoms with E-state index >= 15 is 0 Å². The van der Waals surface area contributed by atoms with Crippen molar-refractivity contribution < 1.29 is 19.4 Å². The van der Waals surface area contributed by atoms with E-state index in [-0.39, 0.29) is 28.8 Å². The molecule has 0 radical (unpaired) electrons. The number of nitrogens with two attached hydrogens (primary N) is 2. The van der Waals surface area contributed by atoms with Gasteiger partial charge < -0.3 is 21.3 Å². The Bertz CT molecular complexity index is 663. The van der Waals surface area contributed by atoms with Gasteiger partial charge in [0.1, 0.15) is 5.69 Å². The quantitative estimate of drug-likeness (QED) is 0.598. The van der Waals surface area contributed by atoms with Gasteiger partial charge in [0, 0.05) is 6.07 Å². The lowest BCUT2D eigenvalue weighted by Crippen LogP contribution is -2.14. The van der Waals surface area contributed by atoms with E-state index in [0.29, 0.717) is 0 Å². The third kappa shape index (κ3) is 1.57. The maximum absolute atomic E-state index is 11.6. The maximum atomic E-state index is 11.6. The molecule has 0 aliphatic carbocycles. The molecular weight excluding hydrogens is 242 g/mol. The number of imidazole rings is 1. The van der Waals surface area contributed by atoms with Gasteiger partial charge in [0.2, 0.25) is 5.95 Å². The molecule has 94 valence electrons. The van der Waals surface area contributed by atoms with E-state index in [1.54, 1.807) is 0 Å². The Balaban J connectivity index is 2.88. The van der Waals surface area contributed by atoms with Gasteiger partial charge in [0.05, 0.1) is 7.11 Å². The van der Waals surface area contributed by atoms with Gasteiger partial charge in [-0.05, 0) is 0 Å². The van der Waals surface area contributed by atoms with Crippen LogP contribution in [0, 0.1) is 0 Å². The average Bonchev–Trinajstić information content (AvgIpc) is 2.63. The third-order valence-electron chi connectivity index (χ3n) is 2.26. The third-order valence-corrected chi connectivity index (χ3v) is 2.26. The molecule has 2 aromatic rings. The normalized spacial score (nSPS) is 10.5. The lowest BCUT2D eigenvalue weighted by atomic mass is 10.3. The molecule has 0 atom stereocenters. The van der Waals surface area contributed by atoms with E-state index in [4.69, 9.17) is 16.6 Å². The SMILES string of the molecule is COC(=O)c1cc(C(=O)O)nc2c(N)nc(N)n12. The number of carboxylic acids is 1. The Kier molecular flexibility index (Phi) is 2.51. The van der Waals surface area contributed by atoms with Gasteiger partial charge in [-0.2, -0.15) is 4.98 Å². The lowest BCUT2D eigenvalue weighted by Gasteiger charge is -2.05. The summed E-state index contributed by atoms with van der Waals surface area (Å²) < 4.78 is 5.67. The van der Waals surface area contributed by atoms with Crippen LogP contribution in [-0.4, -0.2) is 38.5 Å². The van der Waals surface area contributed by atoms with Crippen LogP contribution in [0.1, 0.15) is 21.0 Å². The Morgan fingerprint density at radius 1 is 1.39 bits per heavy atom. The Morgan fingerprint density at radius 2 is 2.06 bits per heavy atom. The van der Waals surface area contributed by atoms with Gasteiger partial charge in [0.25, 0.3) is 0 Å². The van der Waals surface area contributed by atoms with Crippen LogP contribution >= 0.6 is 0 Å². The van der Waals surface area contributed by atoms with Gasteiger partial charge in [-0.3, -0.25) is 4.40 Å². The number of methoxy groups -OCH3 is 1. The summed E-state index contributed by atoms with van der Waals surface area (Å²) in [6, 6.07) is 1.04. The highest BCUT2D eigenvalue weighted by molar-refractivity contribution is 5.94. The van der Waals surface area contributed by atoms with Crippen LogP contribution in [-0.2, 0) is 4.74 Å². The summed E-state index contributed by atoms with van der Waals surface area (Å²) in [6.45, 7) is 0. The van der Waals surface area contributed by atoms with Crippen LogP contribution in [0.2, 0.25) is 0 Å². The topological polar surface area (TPSA) is 146 Å². The van der Waals surface area contributed by atoms with Crippen LogP contribution in [0.25, 0.3) is 5.65 Å².